The molecule has 1 aromatic rings. The van der Waals surface area contributed by atoms with Crippen LogP contribution in [0.5, 0.6) is 0 Å². The third-order valence-corrected chi connectivity index (χ3v) is 7.04. The number of sulfonamides is 1. The van der Waals surface area contributed by atoms with Gasteiger partial charge in [-0.1, -0.05) is 0 Å². The van der Waals surface area contributed by atoms with Crippen molar-refractivity contribution in [1.29, 1.82) is 0 Å². The van der Waals surface area contributed by atoms with Crippen LogP contribution in [0, 0.1) is 13.8 Å². The van der Waals surface area contributed by atoms with E-state index >= 15 is 0 Å². The summed E-state index contributed by atoms with van der Waals surface area (Å²) in [6.45, 7) is 3.81. The minimum atomic E-state index is -3.36. The fourth-order valence-corrected chi connectivity index (χ4v) is 5.62. The maximum absolute atomic E-state index is 12.6. The molecule has 0 radical (unpaired) electrons. The molecule has 0 spiro atoms. The molecule has 1 aliphatic carbocycles. The van der Waals surface area contributed by atoms with Gasteiger partial charge in [0.2, 0.25) is 10.0 Å². The van der Waals surface area contributed by atoms with E-state index in [4.69, 9.17) is 5.73 Å². The largest absolute Gasteiger partial charge is 0.328 e. The van der Waals surface area contributed by atoms with Crippen molar-refractivity contribution in [2.24, 2.45) is 5.73 Å². The van der Waals surface area contributed by atoms with E-state index in [1.807, 2.05) is 13.8 Å². The van der Waals surface area contributed by atoms with Crippen molar-refractivity contribution in [3.8, 4) is 0 Å². The van der Waals surface area contributed by atoms with Gasteiger partial charge in [0.25, 0.3) is 0 Å². The molecule has 1 heterocycles. The van der Waals surface area contributed by atoms with Gasteiger partial charge in [-0.2, -0.15) is 4.31 Å². The quantitative estimate of drug-likeness (QED) is 0.931. The molecule has 1 saturated carbocycles. The fraction of sp³-hybridized carbons (Fsp3) is 0.692. The first kappa shape index (κ1) is 15.0. The Morgan fingerprint density at radius 1 is 1.26 bits per heavy atom. The van der Waals surface area contributed by atoms with E-state index in [9.17, 15) is 8.42 Å². The molecule has 1 aliphatic rings. The highest BCUT2D eigenvalue weighted by molar-refractivity contribution is 7.89. The minimum Gasteiger partial charge on any atom is -0.328 e. The van der Waals surface area contributed by atoms with Crippen molar-refractivity contribution in [1.82, 2.24) is 4.31 Å². The molecule has 0 aliphatic heterocycles. The van der Waals surface area contributed by atoms with Crippen LogP contribution < -0.4 is 5.73 Å². The molecule has 0 saturated heterocycles. The topological polar surface area (TPSA) is 63.4 Å². The lowest BCUT2D eigenvalue weighted by Crippen LogP contribution is -2.41. The van der Waals surface area contributed by atoms with Gasteiger partial charge in [0, 0.05) is 28.9 Å². The Balaban J connectivity index is 2.22. The highest BCUT2D eigenvalue weighted by Crippen LogP contribution is 2.31. The first-order valence-corrected chi connectivity index (χ1v) is 8.88. The summed E-state index contributed by atoms with van der Waals surface area (Å²) in [7, 11) is -1.67. The van der Waals surface area contributed by atoms with Gasteiger partial charge in [-0.05, 0) is 45.6 Å². The molecule has 0 aromatic carbocycles. The molecule has 0 bridgehead atoms. The van der Waals surface area contributed by atoms with Gasteiger partial charge < -0.3 is 5.73 Å². The molecule has 108 valence electrons. The van der Waals surface area contributed by atoms with E-state index in [0.29, 0.717) is 4.90 Å². The lowest BCUT2D eigenvalue weighted by Gasteiger charge is -2.32. The number of nitrogens with zero attached hydrogens (tertiary/aromatic N) is 1. The van der Waals surface area contributed by atoms with E-state index in [1.54, 1.807) is 17.4 Å². The lowest BCUT2D eigenvalue weighted by atomic mass is 9.92. The molecule has 2 rings (SSSR count). The van der Waals surface area contributed by atoms with Gasteiger partial charge >= 0.3 is 0 Å². The standard InChI is InChI=1S/C13H22N2O2S2/c1-9-8-13(10(2)18-9)19(16,17)15(3)12-6-4-11(14)5-7-12/h8,11-12H,4-7,14H2,1-3H3. The van der Waals surface area contributed by atoms with Gasteiger partial charge in [0.05, 0.1) is 4.90 Å². The Hall–Kier alpha value is -0.430. The van der Waals surface area contributed by atoms with Gasteiger partial charge in [-0.3, -0.25) is 0 Å². The zero-order valence-electron chi connectivity index (χ0n) is 11.7. The third-order valence-electron chi connectivity index (χ3n) is 3.91. The summed E-state index contributed by atoms with van der Waals surface area (Å²) < 4.78 is 26.8. The van der Waals surface area contributed by atoms with Gasteiger partial charge in [-0.15, -0.1) is 11.3 Å². The van der Waals surface area contributed by atoms with Crippen molar-refractivity contribution in [2.75, 3.05) is 7.05 Å². The predicted octanol–water partition coefficient (Wildman–Crippen LogP) is 2.26. The van der Waals surface area contributed by atoms with Crippen LogP contribution >= 0.6 is 11.3 Å². The van der Waals surface area contributed by atoms with Gasteiger partial charge in [0.1, 0.15) is 0 Å². The first-order chi connectivity index (χ1) is 8.82. The summed E-state index contributed by atoms with van der Waals surface area (Å²) in [5.74, 6) is 0. The number of nitrogens with two attached hydrogens (primary N) is 1. The summed E-state index contributed by atoms with van der Waals surface area (Å²) in [6, 6.07) is 2.10. The molecule has 1 aromatic heterocycles. The van der Waals surface area contributed by atoms with E-state index in [-0.39, 0.29) is 12.1 Å². The molecular formula is C13H22N2O2S2. The molecule has 0 atom stereocenters. The first-order valence-electron chi connectivity index (χ1n) is 6.63. The van der Waals surface area contributed by atoms with Gasteiger partial charge in [-0.25, -0.2) is 8.42 Å². The normalized spacial score (nSPS) is 24.9. The Morgan fingerprint density at radius 2 is 1.84 bits per heavy atom. The molecule has 2 N–H and O–H groups in total. The van der Waals surface area contributed by atoms with Crippen LogP contribution in [0.4, 0.5) is 0 Å². The highest BCUT2D eigenvalue weighted by atomic mass is 32.2. The summed E-state index contributed by atoms with van der Waals surface area (Å²) in [6.07, 6.45) is 3.54. The van der Waals surface area contributed by atoms with Crippen LogP contribution in [0.3, 0.4) is 0 Å². The average Bonchev–Trinajstić information content (AvgIpc) is 2.69. The zero-order valence-corrected chi connectivity index (χ0v) is 13.4. The molecule has 19 heavy (non-hydrogen) atoms. The number of thiophene rings is 1. The van der Waals surface area contributed by atoms with Crippen molar-refractivity contribution in [2.45, 2.75) is 56.5 Å². The maximum Gasteiger partial charge on any atom is 0.244 e. The number of hydrogen-bond donors (Lipinski definition) is 1. The summed E-state index contributed by atoms with van der Waals surface area (Å²) >= 11 is 1.53. The van der Waals surface area contributed by atoms with Crippen molar-refractivity contribution >= 4 is 21.4 Å². The summed E-state index contributed by atoms with van der Waals surface area (Å²) in [5, 5.41) is 0. The fourth-order valence-electron chi connectivity index (χ4n) is 2.68. The zero-order chi connectivity index (χ0) is 14.2. The van der Waals surface area contributed by atoms with Crippen LogP contribution in [0.25, 0.3) is 0 Å². The second kappa shape index (κ2) is 5.52. The number of aryl methyl sites for hydroxylation is 2. The van der Waals surface area contributed by atoms with Crippen LogP contribution in [0.15, 0.2) is 11.0 Å². The molecule has 0 amide bonds. The Labute approximate surface area is 119 Å². The summed E-state index contributed by atoms with van der Waals surface area (Å²) in [5.41, 5.74) is 5.88. The predicted molar refractivity (Wildman–Crippen MR) is 79.0 cm³/mol. The lowest BCUT2D eigenvalue weighted by molar-refractivity contribution is 0.268. The molecule has 1 fully saturated rings. The summed E-state index contributed by atoms with van der Waals surface area (Å²) in [4.78, 5) is 2.37. The van der Waals surface area contributed by atoms with Crippen LogP contribution in [-0.2, 0) is 10.0 Å². The van der Waals surface area contributed by atoms with E-state index in [0.717, 1.165) is 35.4 Å². The Bertz CT molecular complexity index is 543. The molecule has 4 nitrogen and oxygen atoms in total. The molecular weight excluding hydrogens is 280 g/mol. The third kappa shape index (κ3) is 3.02. The molecule has 0 unspecified atom stereocenters. The van der Waals surface area contributed by atoms with E-state index in [2.05, 4.69) is 0 Å². The van der Waals surface area contributed by atoms with Crippen LogP contribution in [0.2, 0.25) is 0 Å². The smallest absolute Gasteiger partial charge is 0.244 e. The monoisotopic (exact) mass is 302 g/mol. The van der Waals surface area contributed by atoms with E-state index < -0.39 is 10.0 Å². The second-order valence-electron chi connectivity index (χ2n) is 5.37. The number of hydrogen-bond acceptors (Lipinski definition) is 4. The SMILES string of the molecule is Cc1cc(S(=O)(=O)N(C)C2CCC(N)CC2)c(C)s1. The van der Waals surface area contributed by atoms with Crippen molar-refractivity contribution in [3.05, 3.63) is 15.8 Å². The average molecular weight is 302 g/mol. The van der Waals surface area contributed by atoms with E-state index in [1.165, 1.54) is 11.3 Å². The van der Waals surface area contributed by atoms with Gasteiger partial charge in [0.15, 0.2) is 0 Å². The number of rotatable bonds is 3. The second-order valence-corrected chi connectivity index (χ2v) is 8.79. The molecule has 6 heteroatoms. The van der Waals surface area contributed by atoms with Crippen LogP contribution in [-0.4, -0.2) is 31.9 Å². The highest BCUT2D eigenvalue weighted by Gasteiger charge is 2.32. The minimum absolute atomic E-state index is 0.0874. The van der Waals surface area contributed by atoms with Crippen molar-refractivity contribution in [3.63, 3.8) is 0 Å². The Kier molecular flexibility index (Phi) is 4.35. The van der Waals surface area contributed by atoms with Crippen LogP contribution in [0.1, 0.15) is 35.4 Å². The maximum atomic E-state index is 12.6. The van der Waals surface area contributed by atoms with Crippen molar-refractivity contribution < 1.29 is 8.42 Å². The Morgan fingerprint density at radius 3 is 2.32 bits per heavy atom.